The summed E-state index contributed by atoms with van der Waals surface area (Å²) in [6.45, 7) is 4.10. The standard InChI is InChI=1S/C28H24N2O4S/c1-17-7-6-8-18(2)28(17)30-20-12-14-22-25(16-20)34-24-15-19(29-3)11-13-21(24)27(22)23-9-4-5-10-26(23)35(31,32)33/h4-16,30H,1-3H3,(H,31,32,33). The predicted molar refractivity (Wildman–Crippen MR) is 139 cm³/mol. The van der Waals surface area contributed by atoms with Gasteiger partial charge in [0.05, 0.1) is 5.36 Å². The fourth-order valence-corrected chi connectivity index (χ4v) is 5.14. The highest BCUT2D eigenvalue weighted by atomic mass is 32.2. The Bertz CT molecular complexity index is 1720. The van der Waals surface area contributed by atoms with Crippen LogP contribution in [0.15, 0.2) is 93.2 Å². The maximum Gasteiger partial charge on any atom is 0.295 e. The molecule has 2 N–H and O–H groups in total. The number of hydrogen-bond acceptors (Lipinski definition) is 5. The van der Waals surface area contributed by atoms with E-state index in [4.69, 9.17) is 4.42 Å². The van der Waals surface area contributed by atoms with Gasteiger partial charge in [-0.2, -0.15) is 8.42 Å². The van der Waals surface area contributed by atoms with Gasteiger partial charge < -0.3 is 9.73 Å². The lowest BCUT2D eigenvalue weighted by atomic mass is 9.93. The average molecular weight is 485 g/mol. The van der Waals surface area contributed by atoms with E-state index in [2.05, 4.69) is 36.3 Å². The molecule has 0 radical (unpaired) electrons. The van der Waals surface area contributed by atoms with Gasteiger partial charge in [0.25, 0.3) is 10.1 Å². The van der Waals surface area contributed by atoms with Crippen molar-refractivity contribution in [3.8, 4) is 22.5 Å². The van der Waals surface area contributed by atoms with E-state index in [1.165, 1.54) is 6.07 Å². The molecule has 0 fully saturated rings. The van der Waals surface area contributed by atoms with Gasteiger partial charge in [-0.3, -0.25) is 9.55 Å². The molecule has 0 atom stereocenters. The highest BCUT2D eigenvalue weighted by molar-refractivity contribution is 7.86. The highest BCUT2D eigenvalue weighted by Gasteiger charge is 2.23. The topological polar surface area (TPSA) is 91.9 Å². The van der Waals surface area contributed by atoms with Crippen molar-refractivity contribution in [2.45, 2.75) is 18.7 Å². The second kappa shape index (κ2) is 8.69. The van der Waals surface area contributed by atoms with E-state index >= 15 is 0 Å². The van der Waals surface area contributed by atoms with Crippen LogP contribution in [0.1, 0.15) is 11.1 Å². The number of benzene rings is 4. The summed E-state index contributed by atoms with van der Waals surface area (Å²) in [5, 5.41) is 4.94. The Morgan fingerprint density at radius 3 is 2.31 bits per heavy atom. The second-order valence-electron chi connectivity index (χ2n) is 8.46. The van der Waals surface area contributed by atoms with Crippen molar-refractivity contribution in [2.24, 2.45) is 4.99 Å². The molecule has 0 saturated heterocycles. The Morgan fingerprint density at radius 1 is 0.857 bits per heavy atom. The van der Waals surface area contributed by atoms with Crippen LogP contribution < -0.4 is 10.7 Å². The van der Waals surface area contributed by atoms with Crippen LogP contribution in [0.25, 0.3) is 33.4 Å². The van der Waals surface area contributed by atoms with Crippen LogP contribution in [0.5, 0.6) is 0 Å². The molecule has 0 spiro atoms. The van der Waals surface area contributed by atoms with Crippen molar-refractivity contribution in [2.75, 3.05) is 12.4 Å². The van der Waals surface area contributed by atoms with Gasteiger partial charge in [0.15, 0.2) is 0 Å². The summed E-state index contributed by atoms with van der Waals surface area (Å²) in [7, 11) is -2.75. The van der Waals surface area contributed by atoms with Gasteiger partial charge in [-0.1, -0.05) is 36.4 Å². The largest absolute Gasteiger partial charge is 0.456 e. The van der Waals surface area contributed by atoms with Crippen LogP contribution in [0.4, 0.5) is 11.4 Å². The molecular formula is C28H24N2O4S. The first-order chi connectivity index (χ1) is 16.8. The van der Waals surface area contributed by atoms with Gasteiger partial charge in [0, 0.05) is 52.6 Å². The van der Waals surface area contributed by atoms with Crippen LogP contribution in [-0.2, 0) is 10.1 Å². The summed E-state index contributed by atoms with van der Waals surface area (Å²) in [6.07, 6.45) is 0. The van der Waals surface area contributed by atoms with E-state index < -0.39 is 10.1 Å². The number of aryl methyl sites for hydroxylation is 2. The number of nitrogens with zero attached hydrogens (tertiary/aromatic N) is 1. The molecule has 0 unspecified atom stereocenters. The average Bonchev–Trinajstić information content (AvgIpc) is 2.84. The summed E-state index contributed by atoms with van der Waals surface area (Å²) in [5.41, 5.74) is 6.46. The third-order valence-corrected chi connectivity index (χ3v) is 7.06. The molecule has 1 aliphatic carbocycles. The van der Waals surface area contributed by atoms with E-state index in [9.17, 15) is 13.0 Å². The van der Waals surface area contributed by atoms with Crippen LogP contribution in [0.2, 0.25) is 0 Å². The Kier molecular flexibility index (Phi) is 5.67. The molecule has 7 heteroatoms. The Labute approximate surface area is 203 Å². The first kappa shape index (κ1) is 22.8. The zero-order chi connectivity index (χ0) is 24.7. The summed E-state index contributed by atoms with van der Waals surface area (Å²) >= 11 is 0. The van der Waals surface area contributed by atoms with Gasteiger partial charge in [-0.25, -0.2) is 0 Å². The molecule has 3 aromatic carbocycles. The predicted octanol–water partition coefficient (Wildman–Crippen LogP) is 6.34. The third kappa shape index (κ3) is 4.20. The molecule has 0 saturated carbocycles. The zero-order valence-electron chi connectivity index (χ0n) is 19.5. The van der Waals surface area contributed by atoms with E-state index in [1.54, 1.807) is 25.2 Å². The number of fused-ring (bicyclic) bond motifs is 2. The summed E-state index contributed by atoms with van der Waals surface area (Å²) < 4.78 is 40.7. The van der Waals surface area contributed by atoms with E-state index in [0.29, 0.717) is 22.5 Å². The molecule has 2 aliphatic rings. The zero-order valence-corrected chi connectivity index (χ0v) is 20.3. The summed E-state index contributed by atoms with van der Waals surface area (Å²) in [5.74, 6) is 0.560. The lowest BCUT2D eigenvalue weighted by Gasteiger charge is -2.18. The normalized spacial score (nSPS) is 12.4. The molecule has 0 amide bonds. The number of rotatable bonds is 4. The molecule has 5 rings (SSSR count). The summed E-state index contributed by atoms with van der Waals surface area (Å²) in [4.78, 5) is 4.09. The van der Waals surface area contributed by atoms with E-state index in [1.807, 2.05) is 42.5 Å². The van der Waals surface area contributed by atoms with E-state index in [0.717, 1.165) is 38.8 Å². The molecule has 176 valence electrons. The second-order valence-corrected chi connectivity index (χ2v) is 9.85. The van der Waals surface area contributed by atoms with Gasteiger partial charge in [0.1, 0.15) is 16.2 Å². The molecule has 1 aliphatic heterocycles. The molecule has 6 nitrogen and oxygen atoms in total. The minimum Gasteiger partial charge on any atom is -0.456 e. The molecule has 35 heavy (non-hydrogen) atoms. The fraction of sp³-hybridized carbons (Fsp3) is 0.107. The number of para-hydroxylation sites is 1. The van der Waals surface area contributed by atoms with Crippen molar-refractivity contribution in [1.29, 1.82) is 0 Å². The Morgan fingerprint density at radius 2 is 1.60 bits per heavy atom. The third-order valence-electron chi connectivity index (χ3n) is 6.15. The van der Waals surface area contributed by atoms with Crippen molar-refractivity contribution < 1.29 is 17.4 Å². The summed E-state index contributed by atoms with van der Waals surface area (Å²) in [6, 6.07) is 23.8. The molecular weight excluding hydrogens is 460 g/mol. The number of nitrogens with one attached hydrogen (secondary N) is 1. The monoisotopic (exact) mass is 484 g/mol. The lowest BCUT2D eigenvalue weighted by Crippen LogP contribution is -2.05. The van der Waals surface area contributed by atoms with Gasteiger partial charge in [-0.15, -0.1) is 0 Å². The number of hydrogen-bond donors (Lipinski definition) is 2. The first-order valence-electron chi connectivity index (χ1n) is 11.1. The Hall–Kier alpha value is -3.94. The molecule has 0 bridgehead atoms. The van der Waals surface area contributed by atoms with Crippen molar-refractivity contribution in [3.63, 3.8) is 0 Å². The van der Waals surface area contributed by atoms with Gasteiger partial charge in [-0.05, 0) is 55.3 Å². The molecule has 3 aromatic rings. The minimum absolute atomic E-state index is 0.157. The SMILES string of the molecule is CN=c1ccc2c(-c3ccccc3S(=O)(=O)O)c3ccc(Nc4c(C)cccc4C)cc3oc-2c1. The van der Waals surface area contributed by atoms with E-state index in [-0.39, 0.29) is 4.90 Å². The maximum absolute atomic E-state index is 12.2. The quantitative estimate of drug-likeness (QED) is 0.229. The van der Waals surface area contributed by atoms with Crippen LogP contribution in [0, 0.1) is 13.8 Å². The number of anilines is 2. The van der Waals surface area contributed by atoms with Crippen molar-refractivity contribution in [1.82, 2.24) is 0 Å². The minimum atomic E-state index is -4.45. The smallest absolute Gasteiger partial charge is 0.295 e. The van der Waals surface area contributed by atoms with Crippen LogP contribution >= 0.6 is 0 Å². The van der Waals surface area contributed by atoms with Crippen molar-refractivity contribution in [3.05, 3.63) is 95.3 Å². The maximum atomic E-state index is 12.2. The van der Waals surface area contributed by atoms with Crippen LogP contribution in [0.3, 0.4) is 0 Å². The van der Waals surface area contributed by atoms with Gasteiger partial charge >= 0.3 is 0 Å². The first-order valence-corrected chi connectivity index (χ1v) is 12.5. The van der Waals surface area contributed by atoms with Gasteiger partial charge in [0.2, 0.25) is 0 Å². The Balaban J connectivity index is 1.81. The highest BCUT2D eigenvalue weighted by Crippen LogP contribution is 2.42. The fourth-order valence-electron chi connectivity index (χ4n) is 4.44. The van der Waals surface area contributed by atoms with Crippen molar-refractivity contribution >= 4 is 32.5 Å². The molecule has 1 heterocycles. The lowest BCUT2D eigenvalue weighted by molar-refractivity contribution is 0.483. The van der Waals surface area contributed by atoms with Crippen LogP contribution in [-0.4, -0.2) is 20.0 Å². The molecule has 0 aromatic heterocycles.